The molecule has 0 fully saturated rings. The fraction of sp³-hybridized carbons (Fsp3) is 0.0500. The van der Waals surface area contributed by atoms with Crippen LogP contribution >= 0.6 is 46.1 Å². The maximum atomic E-state index is 12.5. The standard InChI is InChI=1S/C20H12Cl3N3OS/c1-10-2-4-15-11(6-10)7-12(19(23)25-15)9-24-26-20(27)18-17(22)14-8-13(21)3-5-16(14)28-18/h2-9H,1H3,(H,26,27)/b24-9+. The first-order chi connectivity index (χ1) is 13.4. The van der Waals surface area contributed by atoms with Gasteiger partial charge in [0.25, 0.3) is 5.91 Å². The summed E-state index contributed by atoms with van der Waals surface area (Å²) in [6.07, 6.45) is 1.47. The van der Waals surface area contributed by atoms with Crippen molar-refractivity contribution in [2.24, 2.45) is 5.10 Å². The number of carbonyl (C=O) groups excluding carboxylic acids is 1. The molecule has 1 amide bonds. The van der Waals surface area contributed by atoms with Crippen LogP contribution in [0.1, 0.15) is 20.8 Å². The molecule has 2 aromatic heterocycles. The SMILES string of the molecule is Cc1ccc2nc(Cl)c(/C=N/NC(=O)c3sc4ccc(Cl)cc4c3Cl)cc2c1. The summed E-state index contributed by atoms with van der Waals surface area (Å²) in [7, 11) is 0. The van der Waals surface area contributed by atoms with E-state index in [2.05, 4.69) is 15.5 Å². The molecule has 28 heavy (non-hydrogen) atoms. The Hall–Kier alpha value is -2.18. The van der Waals surface area contributed by atoms with Gasteiger partial charge in [-0.3, -0.25) is 4.79 Å². The first-order valence-electron chi connectivity index (χ1n) is 8.20. The van der Waals surface area contributed by atoms with E-state index < -0.39 is 5.91 Å². The molecule has 0 unspecified atom stereocenters. The molecule has 0 saturated carbocycles. The monoisotopic (exact) mass is 447 g/mol. The fourth-order valence-electron chi connectivity index (χ4n) is 2.78. The molecular weight excluding hydrogens is 437 g/mol. The second kappa shape index (κ2) is 7.68. The maximum Gasteiger partial charge on any atom is 0.283 e. The second-order valence-corrected chi connectivity index (χ2v) is 8.37. The van der Waals surface area contributed by atoms with Crippen molar-refractivity contribution in [3.05, 3.63) is 73.7 Å². The van der Waals surface area contributed by atoms with Gasteiger partial charge in [0.15, 0.2) is 0 Å². The van der Waals surface area contributed by atoms with E-state index in [9.17, 15) is 4.79 Å². The van der Waals surface area contributed by atoms with E-state index in [0.29, 0.717) is 25.6 Å². The van der Waals surface area contributed by atoms with Crippen molar-refractivity contribution >= 4 is 79.3 Å². The van der Waals surface area contributed by atoms with Gasteiger partial charge in [0.2, 0.25) is 0 Å². The van der Waals surface area contributed by atoms with E-state index in [-0.39, 0.29) is 0 Å². The van der Waals surface area contributed by atoms with Gasteiger partial charge in [0, 0.05) is 26.1 Å². The van der Waals surface area contributed by atoms with E-state index in [1.165, 1.54) is 17.6 Å². The molecule has 1 N–H and O–H groups in total. The highest BCUT2D eigenvalue weighted by atomic mass is 35.5. The van der Waals surface area contributed by atoms with Crippen molar-refractivity contribution in [2.45, 2.75) is 6.92 Å². The lowest BCUT2D eigenvalue weighted by atomic mass is 10.1. The van der Waals surface area contributed by atoms with E-state index in [1.54, 1.807) is 12.1 Å². The number of hydrazone groups is 1. The Morgan fingerprint density at radius 2 is 1.96 bits per heavy atom. The molecule has 2 aromatic carbocycles. The van der Waals surface area contributed by atoms with Gasteiger partial charge in [-0.1, -0.05) is 46.4 Å². The second-order valence-electron chi connectivity index (χ2n) is 6.15. The van der Waals surface area contributed by atoms with Gasteiger partial charge < -0.3 is 0 Å². The van der Waals surface area contributed by atoms with Gasteiger partial charge in [0.1, 0.15) is 10.0 Å². The molecule has 0 aliphatic rings. The van der Waals surface area contributed by atoms with Gasteiger partial charge in [-0.25, -0.2) is 10.4 Å². The molecule has 2 heterocycles. The summed E-state index contributed by atoms with van der Waals surface area (Å²) in [5.41, 5.74) is 5.01. The van der Waals surface area contributed by atoms with Crippen LogP contribution < -0.4 is 5.43 Å². The van der Waals surface area contributed by atoms with Crippen LogP contribution in [0.3, 0.4) is 0 Å². The van der Waals surface area contributed by atoms with E-state index >= 15 is 0 Å². The minimum Gasteiger partial charge on any atom is -0.266 e. The highest BCUT2D eigenvalue weighted by Crippen LogP contribution is 2.36. The van der Waals surface area contributed by atoms with Gasteiger partial charge in [-0.2, -0.15) is 5.10 Å². The summed E-state index contributed by atoms with van der Waals surface area (Å²) in [5.74, 6) is -0.403. The predicted octanol–water partition coefficient (Wildman–Crippen LogP) is 6.48. The lowest BCUT2D eigenvalue weighted by Crippen LogP contribution is -2.16. The molecule has 4 aromatic rings. The molecule has 0 saturated heterocycles. The lowest BCUT2D eigenvalue weighted by molar-refractivity contribution is 0.0959. The number of rotatable bonds is 3. The molecule has 4 nitrogen and oxygen atoms in total. The molecule has 0 aliphatic heterocycles. The van der Waals surface area contributed by atoms with Gasteiger partial charge in [-0.15, -0.1) is 11.3 Å². The number of nitrogens with zero attached hydrogens (tertiary/aromatic N) is 2. The van der Waals surface area contributed by atoms with E-state index in [0.717, 1.165) is 26.6 Å². The van der Waals surface area contributed by atoms with Crippen molar-refractivity contribution in [3.63, 3.8) is 0 Å². The third-order valence-corrected chi connectivity index (χ3v) is 6.33. The molecule has 0 spiro atoms. The van der Waals surface area contributed by atoms with Gasteiger partial charge in [0.05, 0.1) is 16.8 Å². The van der Waals surface area contributed by atoms with Crippen LogP contribution in [0.15, 0.2) is 47.6 Å². The topological polar surface area (TPSA) is 54.4 Å². The van der Waals surface area contributed by atoms with Crippen LogP contribution in [0.25, 0.3) is 21.0 Å². The Morgan fingerprint density at radius 1 is 1.14 bits per heavy atom. The zero-order chi connectivity index (χ0) is 19.8. The Balaban J connectivity index is 1.58. The van der Waals surface area contributed by atoms with Crippen LogP contribution in [-0.4, -0.2) is 17.1 Å². The van der Waals surface area contributed by atoms with Crippen molar-refractivity contribution in [1.29, 1.82) is 0 Å². The number of fused-ring (bicyclic) bond motifs is 2. The normalized spacial score (nSPS) is 11.6. The molecule has 8 heteroatoms. The number of carbonyl (C=O) groups is 1. The lowest BCUT2D eigenvalue weighted by Gasteiger charge is -2.03. The molecular formula is C20H12Cl3N3OS. The average molecular weight is 449 g/mol. The minimum absolute atomic E-state index is 0.309. The molecule has 0 radical (unpaired) electrons. The summed E-state index contributed by atoms with van der Waals surface area (Å²) < 4.78 is 0.876. The summed E-state index contributed by atoms with van der Waals surface area (Å²) in [6.45, 7) is 2.00. The third-order valence-electron chi connectivity index (χ3n) is 4.12. The molecule has 0 bridgehead atoms. The number of aromatic nitrogens is 1. The first-order valence-corrected chi connectivity index (χ1v) is 10.2. The first kappa shape index (κ1) is 19.2. The number of amides is 1. The summed E-state index contributed by atoms with van der Waals surface area (Å²) in [5, 5.41) is 6.92. The van der Waals surface area contributed by atoms with E-state index in [1.807, 2.05) is 37.3 Å². The number of aryl methyl sites for hydroxylation is 1. The fourth-order valence-corrected chi connectivity index (χ4v) is 4.52. The van der Waals surface area contributed by atoms with Gasteiger partial charge in [-0.05, 0) is 43.3 Å². The van der Waals surface area contributed by atoms with Crippen molar-refractivity contribution in [2.75, 3.05) is 0 Å². The number of hydrogen-bond acceptors (Lipinski definition) is 4. The number of thiophene rings is 1. The summed E-state index contributed by atoms with van der Waals surface area (Å²) in [6, 6.07) is 13.1. The Kier molecular flexibility index (Phi) is 5.25. The van der Waals surface area contributed by atoms with Crippen LogP contribution in [0, 0.1) is 6.92 Å². The zero-order valence-corrected chi connectivity index (χ0v) is 17.5. The third kappa shape index (κ3) is 3.71. The number of halogens is 3. The highest BCUT2D eigenvalue weighted by Gasteiger charge is 2.17. The van der Waals surface area contributed by atoms with Crippen molar-refractivity contribution < 1.29 is 4.79 Å². The summed E-state index contributed by atoms with van der Waals surface area (Å²) >= 11 is 19.8. The Labute approximate surface area is 179 Å². The smallest absolute Gasteiger partial charge is 0.266 e. The highest BCUT2D eigenvalue weighted by molar-refractivity contribution is 7.21. The van der Waals surface area contributed by atoms with Crippen molar-refractivity contribution in [3.8, 4) is 0 Å². The van der Waals surface area contributed by atoms with Crippen LogP contribution in [-0.2, 0) is 0 Å². The summed E-state index contributed by atoms with van der Waals surface area (Å²) in [4.78, 5) is 17.2. The Bertz CT molecular complexity index is 1270. The van der Waals surface area contributed by atoms with Crippen molar-refractivity contribution in [1.82, 2.24) is 10.4 Å². The number of pyridine rings is 1. The quantitative estimate of drug-likeness (QED) is 0.221. The molecule has 140 valence electrons. The Morgan fingerprint density at radius 3 is 2.79 bits per heavy atom. The zero-order valence-electron chi connectivity index (χ0n) is 14.5. The number of benzene rings is 2. The minimum atomic E-state index is -0.403. The van der Waals surface area contributed by atoms with Crippen LogP contribution in [0.2, 0.25) is 15.2 Å². The number of nitrogens with one attached hydrogen (secondary N) is 1. The number of hydrogen-bond donors (Lipinski definition) is 1. The molecule has 0 atom stereocenters. The largest absolute Gasteiger partial charge is 0.283 e. The predicted molar refractivity (Wildman–Crippen MR) is 118 cm³/mol. The average Bonchev–Trinajstić information content (AvgIpc) is 2.99. The maximum absolute atomic E-state index is 12.5. The molecule has 0 aliphatic carbocycles. The molecule has 4 rings (SSSR count). The van der Waals surface area contributed by atoms with Crippen LogP contribution in [0.5, 0.6) is 0 Å². The van der Waals surface area contributed by atoms with Crippen LogP contribution in [0.4, 0.5) is 0 Å². The van der Waals surface area contributed by atoms with Gasteiger partial charge >= 0.3 is 0 Å². The van der Waals surface area contributed by atoms with E-state index in [4.69, 9.17) is 34.8 Å².